The van der Waals surface area contributed by atoms with Gasteiger partial charge >= 0.3 is 0 Å². The summed E-state index contributed by atoms with van der Waals surface area (Å²) in [4.78, 5) is 5.34. The Morgan fingerprint density at radius 2 is 1.83 bits per heavy atom. The molecule has 0 aromatic rings. The van der Waals surface area contributed by atoms with Gasteiger partial charge in [0.2, 0.25) is 0 Å². The van der Waals surface area contributed by atoms with Gasteiger partial charge < -0.3 is 10.8 Å². The van der Waals surface area contributed by atoms with Crippen LogP contribution in [-0.2, 0) is 0 Å². The van der Waals surface area contributed by atoms with Gasteiger partial charge in [0, 0.05) is 24.2 Å². The number of aliphatic hydroxyl groups excluding tert-OH is 1. The van der Waals surface area contributed by atoms with Crippen molar-refractivity contribution in [1.82, 2.24) is 9.80 Å². The van der Waals surface area contributed by atoms with Crippen LogP contribution in [0.15, 0.2) is 0 Å². The van der Waals surface area contributed by atoms with Gasteiger partial charge in [0.25, 0.3) is 0 Å². The maximum absolute atomic E-state index is 9.40. The van der Waals surface area contributed by atoms with Crippen molar-refractivity contribution in [2.24, 2.45) is 5.73 Å². The molecule has 0 amide bonds. The Morgan fingerprint density at radius 1 is 1.06 bits per heavy atom. The van der Waals surface area contributed by atoms with Crippen molar-refractivity contribution >= 4 is 0 Å². The molecule has 0 aromatic carbocycles. The molecule has 2 heterocycles. The number of nitrogens with two attached hydrogens (primary N) is 1. The van der Waals surface area contributed by atoms with Crippen LogP contribution >= 0.6 is 0 Å². The zero-order chi connectivity index (χ0) is 12.6. The van der Waals surface area contributed by atoms with Crippen LogP contribution < -0.4 is 5.73 Å². The van der Waals surface area contributed by atoms with Crippen LogP contribution in [0.3, 0.4) is 0 Å². The lowest BCUT2D eigenvalue weighted by Gasteiger charge is -2.31. The molecule has 18 heavy (non-hydrogen) atoms. The van der Waals surface area contributed by atoms with Crippen LogP contribution in [0.5, 0.6) is 0 Å². The summed E-state index contributed by atoms with van der Waals surface area (Å²) in [6.45, 7) is 5.18. The average molecular weight is 253 g/mol. The predicted molar refractivity (Wildman–Crippen MR) is 72.4 cm³/mol. The second-order valence-electron chi connectivity index (χ2n) is 6.60. The number of nitrogens with zero attached hydrogens (tertiary/aromatic N) is 2. The minimum atomic E-state index is -0.299. The minimum Gasteiger partial charge on any atom is -0.394 e. The van der Waals surface area contributed by atoms with Gasteiger partial charge in [-0.25, -0.2) is 0 Å². The summed E-state index contributed by atoms with van der Waals surface area (Å²) < 4.78 is 0. The Morgan fingerprint density at radius 3 is 2.61 bits per heavy atom. The fraction of sp³-hybridized carbons (Fsp3) is 1.00. The molecule has 2 aliphatic heterocycles. The van der Waals surface area contributed by atoms with E-state index in [1.165, 1.54) is 51.9 Å². The first-order valence-electron chi connectivity index (χ1n) is 7.58. The van der Waals surface area contributed by atoms with Crippen LogP contribution in [0.4, 0.5) is 0 Å². The Bertz CT molecular complexity index is 299. The second kappa shape index (κ2) is 5.08. The van der Waals surface area contributed by atoms with Crippen LogP contribution in [0, 0.1) is 0 Å². The van der Waals surface area contributed by atoms with E-state index in [2.05, 4.69) is 9.80 Å². The highest BCUT2D eigenvalue weighted by molar-refractivity contribution is 4.98. The van der Waals surface area contributed by atoms with Crippen molar-refractivity contribution in [1.29, 1.82) is 0 Å². The first kappa shape index (κ1) is 12.9. The molecule has 3 N–H and O–H groups in total. The summed E-state index contributed by atoms with van der Waals surface area (Å²) in [6.07, 6.45) is 7.18. The van der Waals surface area contributed by atoms with Crippen LogP contribution in [0.25, 0.3) is 0 Å². The molecular formula is C14H27N3O. The van der Waals surface area contributed by atoms with Gasteiger partial charge in [-0.1, -0.05) is 0 Å². The first-order valence-corrected chi connectivity index (χ1v) is 7.58. The van der Waals surface area contributed by atoms with E-state index in [-0.39, 0.29) is 12.1 Å². The largest absolute Gasteiger partial charge is 0.394 e. The van der Waals surface area contributed by atoms with E-state index in [0.717, 1.165) is 18.9 Å². The molecule has 3 aliphatic rings. The van der Waals surface area contributed by atoms with Gasteiger partial charge in [0.1, 0.15) is 0 Å². The molecule has 0 aromatic heterocycles. The normalized spacial score (nSPS) is 43.0. The van der Waals surface area contributed by atoms with Crippen LogP contribution in [0.2, 0.25) is 0 Å². The highest BCUT2D eigenvalue weighted by atomic mass is 16.3. The molecule has 0 radical (unpaired) electrons. The monoisotopic (exact) mass is 253 g/mol. The topological polar surface area (TPSA) is 52.7 Å². The molecule has 104 valence electrons. The standard InChI is InChI=1S/C14H27N3O/c15-14(11-18)5-4-12(9-14)17-8-2-7-16-6-1-3-13(16)10-17/h12-13,18H,1-11,15H2. The molecule has 1 aliphatic carbocycles. The van der Waals surface area contributed by atoms with E-state index in [1.54, 1.807) is 0 Å². The molecule has 2 saturated heterocycles. The van der Waals surface area contributed by atoms with Crippen molar-refractivity contribution in [2.45, 2.75) is 56.1 Å². The Hall–Kier alpha value is -0.160. The number of fused-ring (bicyclic) bond motifs is 1. The highest BCUT2D eigenvalue weighted by Crippen LogP contribution is 2.33. The van der Waals surface area contributed by atoms with Crippen LogP contribution in [0.1, 0.15) is 38.5 Å². The lowest BCUT2D eigenvalue weighted by Crippen LogP contribution is -2.45. The quantitative estimate of drug-likeness (QED) is 0.748. The van der Waals surface area contributed by atoms with Crippen molar-refractivity contribution in [3.63, 3.8) is 0 Å². The smallest absolute Gasteiger partial charge is 0.0611 e. The minimum absolute atomic E-state index is 0.146. The lowest BCUT2D eigenvalue weighted by atomic mass is 10.00. The van der Waals surface area contributed by atoms with Crippen molar-refractivity contribution in [3.05, 3.63) is 0 Å². The van der Waals surface area contributed by atoms with E-state index >= 15 is 0 Å². The van der Waals surface area contributed by atoms with E-state index in [4.69, 9.17) is 5.73 Å². The highest BCUT2D eigenvalue weighted by Gasteiger charge is 2.39. The maximum Gasteiger partial charge on any atom is 0.0611 e. The van der Waals surface area contributed by atoms with Crippen molar-refractivity contribution in [3.8, 4) is 0 Å². The van der Waals surface area contributed by atoms with E-state index in [0.29, 0.717) is 6.04 Å². The predicted octanol–water partition coefficient (Wildman–Crippen LogP) is 0.399. The fourth-order valence-electron chi connectivity index (χ4n) is 4.15. The summed E-state index contributed by atoms with van der Waals surface area (Å²) in [7, 11) is 0. The Balaban J connectivity index is 1.62. The number of hydrogen-bond acceptors (Lipinski definition) is 4. The maximum atomic E-state index is 9.40. The summed E-state index contributed by atoms with van der Waals surface area (Å²) in [5.41, 5.74) is 5.91. The Labute approximate surface area is 110 Å². The molecular weight excluding hydrogens is 226 g/mol. The van der Waals surface area contributed by atoms with Gasteiger partial charge in [-0.2, -0.15) is 0 Å². The summed E-state index contributed by atoms with van der Waals surface area (Å²) in [5.74, 6) is 0. The summed E-state index contributed by atoms with van der Waals surface area (Å²) in [5, 5.41) is 9.40. The molecule has 1 saturated carbocycles. The molecule has 3 fully saturated rings. The third-order valence-electron chi connectivity index (χ3n) is 5.28. The molecule has 3 unspecified atom stereocenters. The van der Waals surface area contributed by atoms with Gasteiger partial charge in [-0.15, -0.1) is 0 Å². The zero-order valence-corrected chi connectivity index (χ0v) is 11.4. The lowest BCUT2D eigenvalue weighted by molar-refractivity contribution is 0.154. The molecule has 4 heteroatoms. The number of aliphatic hydroxyl groups is 1. The summed E-state index contributed by atoms with van der Waals surface area (Å²) >= 11 is 0. The van der Waals surface area contributed by atoms with E-state index in [1.807, 2.05) is 0 Å². The van der Waals surface area contributed by atoms with Crippen molar-refractivity contribution in [2.75, 3.05) is 32.8 Å². The molecule has 3 rings (SSSR count). The zero-order valence-electron chi connectivity index (χ0n) is 11.4. The molecule has 3 atom stereocenters. The van der Waals surface area contributed by atoms with Gasteiger partial charge in [0.15, 0.2) is 0 Å². The van der Waals surface area contributed by atoms with Gasteiger partial charge in [-0.05, 0) is 58.2 Å². The van der Waals surface area contributed by atoms with E-state index < -0.39 is 0 Å². The number of hydrogen-bond donors (Lipinski definition) is 2. The fourth-order valence-corrected chi connectivity index (χ4v) is 4.15. The van der Waals surface area contributed by atoms with Gasteiger partial charge in [0.05, 0.1) is 6.61 Å². The van der Waals surface area contributed by atoms with Crippen molar-refractivity contribution < 1.29 is 5.11 Å². The molecule has 0 bridgehead atoms. The SMILES string of the molecule is NC1(CO)CCC(N2CCCN3CCCC3C2)C1. The molecule has 0 spiro atoms. The third-order valence-corrected chi connectivity index (χ3v) is 5.28. The second-order valence-corrected chi connectivity index (χ2v) is 6.60. The van der Waals surface area contributed by atoms with Gasteiger partial charge in [-0.3, -0.25) is 9.80 Å². The Kier molecular flexibility index (Phi) is 3.63. The summed E-state index contributed by atoms with van der Waals surface area (Å²) in [6, 6.07) is 1.40. The number of rotatable bonds is 2. The average Bonchev–Trinajstić information content (AvgIpc) is 2.92. The van der Waals surface area contributed by atoms with E-state index in [9.17, 15) is 5.11 Å². The third kappa shape index (κ3) is 2.44. The molecule has 4 nitrogen and oxygen atoms in total. The van der Waals surface area contributed by atoms with Crippen LogP contribution in [-0.4, -0.2) is 65.3 Å². The first-order chi connectivity index (χ1) is 8.70.